The number of likely N-dealkylation sites (N-methyl/N-ethyl adjacent to an activating group) is 1. The molecule has 0 spiro atoms. The van der Waals surface area contributed by atoms with Crippen molar-refractivity contribution in [2.24, 2.45) is 0 Å². The van der Waals surface area contributed by atoms with Crippen LogP contribution in [0.15, 0.2) is 65.8 Å². The van der Waals surface area contributed by atoms with Crippen molar-refractivity contribution in [3.63, 3.8) is 0 Å². The molecule has 1 aromatic heterocycles. The molecule has 0 unspecified atom stereocenters. The highest BCUT2D eigenvalue weighted by Gasteiger charge is 2.19. The second-order valence-electron chi connectivity index (χ2n) is 8.93. The molecule has 0 aliphatic carbocycles. The Morgan fingerprint density at radius 3 is 2.42 bits per heavy atom. The van der Waals surface area contributed by atoms with Crippen molar-refractivity contribution in [3.8, 4) is 28.6 Å². The van der Waals surface area contributed by atoms with E-state index in [0.29, 0.717) is 62.7 Å². The van der Waals surface area contributed by atoms with Crippen LogP contribution in [0.2, 0.25) is 15.1 Å². The molecule has 210 valence electrons. The zero-order valence-corrected chi connectivity index (χ0v) is 25.4. The van der Waals surface area contributed by atoms with Gasteiger partial charge < -0.3 is 14.4 Å². The van der Waals surface area contributed by atoms with Gasteiger partial charge in [-0.05, 0) is 60.9 Å². The van der Waals surface area contributed by atoms with Crippen LogP contribution in [0.1, 0.15) is 18.4 Å². The maximum atomic E-state index is 12.8. The second kappa shape index (κ2) is 14.1. The molecule has 3 aromatic carbocycles. The van der Waals surface area contributed by atoms with Crippen molar-refractivity contribution in [2.75, 3.05) is 33.6 Å². The maximum absolute atomic E-state index is 12.8. The Hall–Kier alpha value is -2.91. The third kappa shape index (κ3) is 7.23. The van der Waals surface area contributed by atoms with Gasteiger partial charge in [0.2, 0.25) is 5.91 Å². The van der Waals surface area contributed by atoms with Crippen molar-refractivity contribution in [3.05, 3.63) is 81.3 Å². The number of rotatable bonds is 12. The molecule has 4 rings (SSSR count). The van der Waals surface area contributed by atoms with E-state index in [2.05, 4.69) is 10.2 Å². The minimum absolute atomic E-state index is 0.0868. The summed E-state index contributed by atoms with van der Waals surface area (Å²) in [6, 6.07) is 18.6. The summed E-state index contributed by atoms with van der Waals surface area (Å²) in [5.74, 6) is 2.72. The maximum Gasteiger partial charge on any atom is 0.222 e. The molecule has 0 saturated heterocycles. The van der Waals surface area contributed by atoms with Crippen LogP contribution < -0.4 is 9.47 Å². The van der Waals surface area contributed by atoms with Gasteiger partial charge in [-0.3, -0.25) is 9.36 Å². The minimum atomic E-state index is 0.0868. The second-order valence-corrected chi connectivity index (χ2v) is 11.2. The molecule has 0 atom stereocenters. The Labute approximate surface area is 253 Å². The van der Waals surface area contributed by atoms with Gasteiger partial charge in [0.05, 0.1) is 35.0 Å². The predicted molar refractivity (Wildman–Crippen MR) is 163 cm³/mol. The van der Waals surface area contributed by atoms with E-state index in [9.17, 15) is 4.79 Å². The number of halogens is 3. The Morgan fingerprint density at radius 2 is 1.70 bits per heavy atom. The fraction of sp³-hybridized carbons (Fsp3) is 0.276. The van der Waals surface area contributed by atoms with Crippen LogP contribution in [0.4, 0.5) is 0 Å². The van der Waals surface area contributed by atoms with Gasteiger partial charge in [-0.25, -0.2) is 0 Å². The number of methoxy groups -OCH3 is 2. The molecular weight excluding hydrogens is 591 g/mol. The SMILES string of the molecule is COc1ccc(CCN(C)C(=O)CCCSc2nnc(-c3ccccc3Cl)n2-c2ccc(Cl)c(Cl)c2)cc1OC. The summed E-state index contributed by atoms with van der Waals surface area (Å²) >= 11 is 20.5. The Bertz CT molecular complexity index is 1480. The highest BCUT2D eigenvalue weighted by Crippen LogP contribution is 2.34. The van der Waals surface area contributed by atoms with Gasteiger partial charge in [0.15, 0.2) is 22.5 Å². The van der Waals surface area contributed by atoms with E-state index in [1.807, 2.05) is 60.1 Å². The van der Waals surface area contributed by atoms with Crippen molar-refractivity contribution in [2.45, 2.75) is 24.4 Å². The number of aromatic nitrogens is 3. The Balaban J connectivity index is 1.38. The van der Waals surface area contributed by atoms with Gasteiger partial charge in [-0.15, -0.1) is 10.2 Å². The van der Waals surface area contributed by atoms with Gasteiger partial charge in [-0.2, -0.15) is 0 Å². The van der Waals surface area contributed by atoms with E-state index < -0.39 is 0 Å². The summed E-state index contributed by atoms with van der Waals surface area (Å²) in [5, 5.41) is 11.0. The molecule has 7 nitrogen and oxygen atoms in total. The highest BCUT2D eigenvalue weighted by molar-refractivity contribution is 7.99. The van der Waals surface area contributed by atoms with Gasteiger partial charge in [0, 0.05) is 31.3 Å². The molecule has 40 heavy (non-hydrogen) atoms. The summed E-state index contributed by atoms with van der Waals surface area (Å²) in [6.45, 7) is 0.605. The number of amides is 1. The quantitative estimate of drug-likeness (QED) is 0.121. The zero-order chi connectivity index (χ0) is 28.6. The lowest BCUT2D eigenvalue weighted by atomic mass is 10.1. The van der Waals surface area contributed by atoms with Crippen LogP contribution in [0, 0.1) is 0 Å². The summed E-state index contributed by atoms with van der Waals surface area (Å²) < 4.78 is 12.6. The first kappa shape index (κ1) is 30.1. The molecule has 0 N–H and O–H groups in total. The number of benzene rings is 3. The topological polar surface area (TPSA) is 69.5 Å². The molecule has 0 aliphatic rings. The molecule has 1 amide bonds. The lowest BCUT2D eigenvalue weighted by molar-refractivity contribution is -0.129. The number of ether oxygens (including phenoxy) is 2. The van der Waals surface area contributed by atoms with Gasteiger partial charge in [0.1, 0.15) is 0 Å². The molecule has 1 heterocycles. The molecule has 4 aromatic rings. The van der Waals surface area contributed by atoms with E-state index in [1.54, 1.807) is 31.3 Å². The molecule has 0 saturated carbocycles. The molecule has 11 heteroatoms. The first-order valence-electron chi connectivity index (χ1n) is 12.6. The third-order valence-electron chi connectivity index (χ3n) is 6.29. The zero-order valence-electron chi connectivity index (χ0n) is 22.4. The van der Waals surface area contributed by atoms with Gasteiger partial charge in [-0.1, -0.05) is 64.8 Å². The summed E-state index contributed by atoms with van der Waals surface area (Å²) in [5.41, 5.74) is 2.59. The number of carbonyl (C=O) groups is 1. The van der Waals surface area contributed by atoms with E-state index in [0.717, 1.165) is 23.2 Å². The third-order valence-corrected chi connectivity index (χ3v) is 8.37. The summed E-state index contributed by atoms with van der Waals surface area (Å²) in [4.78, 5) is 14.5. The van der Waals surface area contributed by atoms with Crippen molar-refractivity contribution in [1.29, 1.82) is 0 Å². The standard InChI is InChI=1S/C29H29Cl3N4O3S/c1-35(15-14-19-10-13-25(38-2)26(17-19)39-3)27(37)9-6-16-40-29-34-33-28(21-7-4-5-8-22(21)30)36(29)20-11-12-23(31)24(32)18-20/h4-5,7-8,10-13,17-18H,6,9,14-16H2,1-3H3. The average molecular weight is 620 g/mol. The minimum Gasteiger partial charge on any atom is -0.493 e. The molecule has 0 fully saturated rings. The molecule has 0 bridgehead atoms. The highest BCUT2D eigenvalue weighted by atomic mass is 35.5. The number of hydrogen-bond acceptors (Lipinski definition) is 6. The molecule has 0 aliphatic heterocycles. The van der Waals surface area contributed by atoms with Crippen molar-refractivity contribution >= 4 is 52.5 Å². The monoisotopic (exact) mass is 618 g/mol. The fourth-order valence-corrected chi connectivity index (χ4v) is 5.48. The first-order valence-corrected chi connectivity index (χ1v) is 14.7. The fourth-order valence-electron chi connectivity index (χ4n) is 4.07. The Morgan fingerprint density at radius 1 is 0.925 bits per heavy atom. The lowest BCUT2D eigenvalue weighted by Gasteiger charge is -2.18. The van der Waals surface area contributed by atoms with Crippen LogP contribution in [0.5, 0.6) is 11.5 Å². The van der Waals surface area contributed by atoms with E-state index in [-0.39, 0.29) is 5.91 Å². The van der Waals surface area contributed by atoms with E-state index in [1.165, 1.54) is 11.8 Å². The number of thioether (sulfide) groups is 1. The Kier molecular flexibility index (Phi) is 10.6. The largest absolute Gasteiger partial charge is 0.493 e. The number of hydrogen-bond donors (Lipinski definition) is 0. The lowest BCUT2D eigenvalue weighted by Crippen LogP contribution is -2.28. The predicted octanol–water partition coefficient (Wildman–Crippen LogP) is 7.49. The average Bonchev–Trinajstić information content (AvgIpc) is 3.38. The van der Waals surface area contributed by atoms with Gasteiger partial charge >= 0.3 is 0 Å². The van der Waals surface area contributed by atoms with Crippen LogP contribution in [0.25, 0.3) is 17.1 Å². The van der Waals surface area contributed by atoms with Crippen LogP contribution in [0.3, 0.4) is 0 Å². The first-order chi connectivity index (χ1) is 19.3. The van der Waals surface area contributed by atoms with Crippen LogP contribution in [-0.2, 0) is 11.2 Å². The van der Waals surface area contributed by atoms with E-state index >= 15 is 0 Å². The molecule has 0 radical (unpaired) electrons. The normalized spacial score (nSPS) is 10.9. The molecular formula is C29H29Cl3N4O3S. The van der Waals surface area contributed by atoms with Crippen LogP contribution >= 0.6 is 46.6 Å². The number of carbonyl (C=O) groups excluding carboxylic acids is 1. The van der Waals surface area contributed by atoms with Crippen molar-refractivity contribution < 1.29 is 14.3 Å². The van der Waals surface area contributed by atoms with Crippen molar-refractivity contribution in [1.82, 2.24) is 19.7 Å². The smallest absolute Gasteiger partial charge is 0.222 e. The summed E-state index contributed by atoms with van der Waals surface area (Å²) in [6.07, 6.45) is 1.82. The number of nitrogens with zero attached hydrogens (tertiary/aromatic N) is 4. The van der Waals surface area contributed by atoms with Crippen LogP contribution in [-0.4, -0.2) is 59.1 Å². The van der Waals surface area contributed by atoms with Gasteiger partial charge in [0.25, 0.3) is 0 Å². The van der Waals surface area contributed by atoms with E-state index in [4.69, 9.17) is 44.3 Å². The summed E-state index contributed by atoms with van der Waals surface area (Å²) in [7, 11) is 5.05.